The molecule has 368 valence electrons. The monoisotopic (exact) mass is 945 g/mol. The number of ether oxygens (including phenoxy) is 4. The molecule has 67 heavy (non-hydrogen) atoms. The lowest BCUT2D eigenvalue weighted by molar-refractivity contribution is -0.144. The highest BCUT2D eigenvalue weighted by Crippen LogP contribution is 2.62. The summed E-state index contributed by atoms with van der Waals surface area (Å²) >= 11 is 1.66. The van der Waals surface area contributed by atoms with E-state index in [4.69, 9.17) is 18.9 Å². The van der Waals surface area contributed by atoms with E-state index in [1.165, 1.54) is 11.1 Å². The smallest absolute Gasteiger partial charge is 0.246 e. The van der Waals surface area contributed by atoms with Crippen molar-refractivity contribution in [3.05, 3.63) is 69.9 Å². The third-order valence-electron chi connectivity index (χ3n) is 15.1. The number of thiazole rings is 1. The maximum Gasteiger partial charge on any atom is 0.246 e. The van der Waals surface area contributed by atoms with Crippen molar-refractivity contribution in [1.82, 2.24) is 20.5 Å². The van der Waals surface area contributed by atoms with Crippen LogP contribution in [0.15, 0.2) is 42.5 Å². The highest BCUT2D eigenvalue weighted by molar-refractivity contribution is 7.15. The number of aryl methyl sites for hydroxylation is 2. The normalized spacial score (nSPS) is 25.0. The Morgan fingerprint density at radius 2 is 1.61 bits per heavy atom. The predicted molar refractivity (Wildman–Crippen MR) is 260 cm³/mol. The lowest BCUT2D eigenvalue weighted by atomic mass is 9.52. The van der Waals surface area contributed by atoms with Crippen LogP contribution in [0.2, 0.25) is 0 Å². The fourth-order valence-corrected chi connectivity index (χ4v) is 12.6. The summed E-state index contributed by atoms with van der Waals surface area (Å²) in [6.07, 6.45) is 9.52. The van der Waals surface area contributed by atoms with E-state index in [0.29, 0.717) is 95.0 Å². The molecule has 2 heterocycles. The minimum absolute atomic E-state index is 0.0233. The lowest BCUT2D eigenvalue weighted by Crippen LogP contribution is -2.58. The van der Waals surface area contributed by atoms with E-state index in [1.54, 1.807) is 16.2 Å². The van der Waals surface area contributed by atoms with Gasteiger partial charge in [-0.25, -0.2) is 4.98 Å². The molecule has 2 saturated carbocycles. The van der Waals surface area contributed by atoms with Crippen LogP contribution in [-0.2, 0) is 46.3 Å². The molecule has 7 unspecified atom stereocenters. The topological polar surface area (TPSA) is 169 Å². The summed E-state index contributed by atoms with van der Waals surface area (Å²) in [4.78, 5) is 47.6. The van der Waals surface area contributed by atoms with E-state index in [-0.39, 0.29) is 36.5 Å². The summed E-state index contributed by atoms with van der Waals surface area (Å²) in [5.41, 5.74) is 5.23. The second kappa shape index (κ2) is 23.1. The summed E-state index contributed by atoms with van der Waals surface area (Å²) in [5, 5.41) is 28.2. The number of hydrogen-bond acceptors (Lipinski definition) is 11. The van der Waals surface area contributed by atoms with Crippen LogP contribution in [0.25, 0.3) is 10.4 Å². The van der Waals surface area contributed by atoms with Crippen LogP contribution in [0, 0.1) is 42.4 Å². The number of unbranched alkanes of at least 4 members (excludes halogenated alkanes) is 1. The van der Waals surface area contributed by atoms with Crippen LogP contribution >= 0.6 is 11.3 Å². The van der Waals surface area contributed by atoms with Crippen molar-refractivity contribution in [2.45, 2.75) is 136 Å². The van der Waals surface area contributed by atoms with Crippen LogP contribution in [-0.4, -0.2) is 115 Å². The number of aromatic nitrogens is 1. The molecule has 3 aromatic rings. The number of amides is 3. The SMILES string of the molecule is Cc1nc(C)c(-c2ccc(CNC(=O)C3CCCN3C(=O)C(NC(=O)COCCOCCOCCOCCCC[C@@H]3Cc4cc(O)ccc4C4CCC5(C)C(O)CCC5C43)C(C)(C)C)cc2)s1. The van der Waals surface area contributed by atoms with Crippen LogP contribution in [0.4, 0.5) is 0 Å². The zero-order valence-corrected chi connectivity index (χ0v) is 41.6. The fourth-order valence-electron chi connectivity index (χ4n) is 11.7. The average molecular weight is 945 g/mol. The maximum absolute atomic E-state index is 13.9. The van der Waals surface area contributed by atoms with E-state index in [9.17, 15) is 24.6 Å². The molecule has 14 heteroatoms. The number of aromatic hydroxyl groups is 1. The summed E-state index contributed by atoms with van der Waals surface area (Å²) in [7, 11) is 0. The molecule has 2 aromatic carbocycles. The number of phenols is 1. The number of rotatable bonds is 22. The molecule has 0 radical (unpaired) electrons. The molecule has 13 nitrogen and oxygen atoms in total. The Morgan fingerprint density at radius 1 is 0.910 bits per heavy atom. The van der Waals surface area contributed by atoms with Gasteiger partial charge in [0.15, 0.2) is 0 Å². The minimum Gasteiger partial charge on any atom is -0.508 e. The molecular formula is C53H76N4O9S. The number of carbonyl (C=O) groups is 3. The number of aliphatic hydroxyl groups is 1. The molecule has 3 amide bonds. The van der Waals surface area contributed by atoms with Crippen LogP contribution < -0.4 is 10.6 Å². The van der Waals surface area contributed by atoms with Gasteiger partial charge >= 0.3 is 0 Å². The molecule has 7 rings (SSSR count). The van der Waals surface area contributed by atoms with Crippen molar-refractivity contribution >= 4 is 29.1 Å². The zero-order valence-electron chi connectivity index (χ0n) is 40.8. The Bertz CT molecular complexity index is 2120. The highest BCUT2D eigenvalue weighted by Gasteiger charge is 2.56. The van der Waals surface area contributed by atoms with Gasteiger partial charge in [-0.15, -0.1) is 11.3 Å². The third kappa shape index (κ3) is 12.7. The number of nitrogens with one attached hydrogen (secondary N) is 2. The molecular weight excluding hydrogens is 869 g/mol. The van der Waals surface area contributed by atoms with Gasteiger partial charge in [-0.1, -0.05) is 64.4 Å². The first-order chi connectivity index (χ1) is 32.1. The molecule has 4 aliphatic rings. The van der Waals surface area contributed by atoms with Gasteiger partial charge in [0.25, 0.3) is 0 Å². The van der Waals surface area contributed by atoms with Crippen molar-refractivity contribution in [3.63, 3.8) is 0 Å². The molecule has 0 bridgehead atoms. The molecule has 8 atom stereocenters. The van der Waals surface area contributed by atoms with Gasteiger partial charge in [-0.2, -0.15) is 0 Å². The van der Waals surface area contributed by atoms with Gasteiger partial charge in [-0.3, -0.25) is 14.4 Å². The Labute approximate surface area is 402 Å². The number of nitrogens with zero attached hydrogens (tertiary/aromatic N) is 2. The fraction of sp³-hybridized carbons (Fsp3) is 0.660. The zero-order chi connectivity index (χ0) is 47.7. The van der Waals surface area contributed by atoms with E-state index >= 15 is 0 Å². The lowest BCUT2D eigenvalue weighted by Gasteiger charge is -2.53. The maximum atomic E-state index is 13.9. The molecule has 3 aliphatic carbocycles. The van der Waals surface area contributed by atoms with Crippen molar-refractivity contribution in [3.8, 4) is 16.2 Å². The van der Waals surface area contributed by atoms with E-state index < -0.39 is 23.4 Å². The minimum atomic E-state index is -0.831. The van der Waals surface area contributed by atoms with Gasteiger partial charge in [0.2, 0.25) is 17.7 Å². The average Bonchev–Trinajstić information content (AvgIpc) is 4.01. The highest BCUT2D eigenvalue weighted by atomic mass is 32.1. The third-order valence-corrected chi connectivity index (χ3v) is 16.3. The van der Waals surface area contributed by atoms with E-state index in [1.807, 2.05) is 71.0 Å². The first kappa shape index (κ1) is 50.9. The Hall–Kier alpha value is -3.92. The van der Waals surface area contributed by atoms with Crippen LogP contribution in [0.3, 0.4) is 0 Å². The van der Waals surface area contributed by atoms with E-state index in [2.05, 4.69) is 28.6 Å². The van der Waals surface area contributed by atoms with Gasteiger partial charge in [-0.05, 0) is 141 Å². The predicted octanol–water partition coefficient (Wildman–Crippen LogP) is 7.65. The first-order valence-electron chi connectivity index (χ1n) is 24.9. The number of phenolic OH excluding ortho intramolecular Hbond substituents is 1. The second-order valence-electron chi connectivity index (χ2n) is 20.8. The Kier molecular flexibility index (Phi) is 17.6. The number of carbonyl (C=O) groups excluding carboxylic acids is 3. The largest absolute Gasteiger partial charge is 0.508 e. The number of benzene rings is 2. The molecule has 4 N–H and O–H groups in total. The Balaban J connectivity index is 0.727. The molecule has 0 spiro atoms. The molecule has 1 aliphatic heterocycles. The van der Waals surface area contributed by atoms with Crippen molar-refractivity contribution in [2.75, 3.05) is 59.4 Å². The van der Waals surface area contributed by atoms with Crippen LogP contribution in [0.1, 0.15) is 119 Å². The van der Waals surface area contributed by atoms with Crippen molar-refractivity contribution in [2.24, 2.45) is 28.6 Å². The van der Waals surface area contributed by atoms with Crippen molar-refractivity contribution in [1.29, 1.82) is 0 Å². The number of fused-ring (bicyclic) bond motifs is 5. The van der Waals surface area contributed by atoms with Gasteiger partial charge in [0, 0.05) is 19.7 Å². The number of aliphatic hydroxyl groups excluding tert-OH is 1. The second-order valence-corrected chi connectivity index (χ2v) is 22.0. The summed E-state index contributed by atoms with van der Waals surface area (Å²) in [6, 6.07) is 12.7. The standard InChI is InChI=1S/C53H76N4O9S/c1-34-48(67-35(2)55-34)37-14-12-36(13-15-37)32-54-50(61)44-11-9-22-57(44)51(62)49(52(3,4)5)56-46(60)33-66-29-28-65-27-26-64-25-24-63-23-8-7-10-38-30-39-31-40(58)16-17-41(39)42-20-21-53(6)43(47(38)42)18-19-45(53)59/h12-17,31,38,42-45,47,49,58-59H,7-11,18-30,32-33H2,1-6H3,(H,54,61)(H,56,60)/t38-,42?,43?,44?,45?,47?,49?,53?/m1/s1. The van der Waals surface area contributed by atoms with Gasteiger partial charge in [0.1, 0.15) is 24.4 Å². The number of likely N-dealkylation sites (tertiary alicyclic amines) is 1. The Morgan fingerprint density at radius 3 is 2.30 bits per heavy atom. The quantitative estimate of drug-likeness (QED) is 0.0735. The summed E-state index contributed by atoms with van der Waals surface area (Å²) in [5.74, 6) is 1.69. The summed E-state index contributed by atoms with van der Waals surface area (Å²) in [6.45, 7) is 15.6. The molecule has 1 saturated heterocycles. The van der Waals surface area contributed by atoms with Crippen LogP contribution in [0.5, 0.6) is 5.75 Å². The van der Waals surface area contributed by atoms with E-state index in [0.717, 1.165) is 78.1 Å². The first-order valence-corrected chi connectivity index (χ1v) is 25.7. The van der Waals surface area contributed by atoms with Crippen molar-refractivity contribution < 1.29 is 43.5 Å². The molecule has 1 aromatic heterocycles. The number of hydrogen-bond donors (Lipinski definition) is 4. The summed E-state index contributed by atoms with van der Waals surface area (Å²) < 4.78 is 22.8. The van der Waals surface area contributed by atoms with Gasteiger partial charge in [0.05, 0.1) is 61.3 Å². The molecule has 3 fully saturated rings. The van der Waals surface area contributed by atoms with Gasteiger partial charge < -0.3 is 44.7 Å².